The van der Waals surface area contributed by atoms with Gasteiger partial charge in [-0.25, -0.2) is 22.9 Å². The molecule has 1 saturated heterocycles. The Hall–Kier alpha value is -3.01. The third kappa shape index (κ3) is 4.28. The lowest BCUT2D eigenvalue weighted by Crippen LogP contribution is -2.56. The highest BCUT2D eigenvalue weighted by Crippen LogP contribution is 2.35. The minimum atomic E-state index is -1.90. The molecule has 7 nitrogen and oxygen atoms in total. The number of aliphatic imine (C=N–C) groups is 1. The largest absolute Gasteiger partial charge is 0.443 e. The van der Waals surface area contributed by atoms with E-state index in [2.05, 4.69) is 9.98 Å². The quantitative estimate of drug-likeness (QED) is 0.453. The molecule has 0 saturated carbocycles. The Morgan fingerprint density at radius 2 is 2.07 bits per heavy atom. The molecule has 11 heteroatoms. The maximum absolute atomic E-state index is 14.7. The second-order valence-corrected chi connectivity index (χ2v) is 6.79. The highest BCUT2D eigenvalue weighted by molar-refractivity contribution is 6.24. The average Bonchev–Trinajstić information content (AvgIpc) is 2.58. The van der Waals surface area contributed by atoms with Crippen molar-refractivity contribution in [3.8, 4) is 11.1 Å². The number of alkyl halides is 2. The average molecular weight is 414 g/mol. The van der Waals surface area contributed by atoms with Crippen LogP contribution in [-0.2, 0) is 11.3 Å². The SMILES string of the molecule is NC(N)=NC(=O)OCc1cccc(-c2cnc(N3CC(F)(Cl)C3)c(F)c2)c1F. The van der Waals surface area contributed by atoms with Crippen LogP contribution in [0.2, 0.25) is 0 Å². The van der Waals surface area contributed by atoms with E-state index in [1.54, 1.807) is 0 Å². The van der Waals surface area contributed by atoms with Gasteiger partial charge in [-0.1, -0.05) is 29.8 Å². The van der Waals surface area contributed by atoms with Crippen molar-refractivity contribution < 1.29 is 22.7 Å². The van der Waals surface area contributed by atoms with E-state index in [4.69, 9.17) is 27.8 Å². The van der Waals surface area contributed by atoms with Crippen molar-refractivity contribution in [1.29, 1.82) is 0 Å². The number of benzene rings is 1. The number of hydrogen-bond donors (Lipinski definition) is 2. The Kier molecular flexibility index (Phi) is 5.32. The summed E-state index contributed by atoms with van der Waals surface area (Å²) in [5.74, 6) is -2.02. The molecule has 0 bridgehead atoms. The first-order valence-corrected chi connectivity index (χ1v) is 8.36. The Morgan fingerprint density at radius 1 is 1.36 bits per heavy atom. The summed E-state index contributed by atoms with van der Waals surface area (Å²) in [6, 6.07) is 5.40. The Balaban J connectivity index is 1.79. The van der Waals surface area contributed by atoms with E-state index in [1.165, 1.54) is 29.3 Å². The van der Waals surface area contributed by atoms with Gasteiger partial charge in [-0.05, 0) is 6.07 Å². The van der Waals surface area contributed by atoms with Crippen molar-refractivity contribution in [2.75, 3.05) is 18.0 Å². The molecule has 0 aliphatic carbocycles. The summed E-state index contributed by atoms with van der Waals surface area (Å²) >= 11 is 5.48. The zero-order valence-corrected chi connectivity index (χ0v) is 15.1. The van der Waals surface area contributed by atoms with Crippen LogP contribution in [0.5, 0.6) is 0 Å². The lowest BCUT2D eigenvalue weighted by atomic mass is 10.0. The van der Waals surface area contributed by atoms with Crippen molar-refractivity contribution in [2.45, 2.75) is 11.7 Å². The maximum Gasteiger partial charge on any atom is 0.437 e. The molecular formula is C17H15ClF3N5O2. The number of carbonyl (C=O) groups excluding carboxylic acids is 1. The standard InChI is InChI=1S/C17H15ClF3N5O2/c18-17(21)7-26(8-17)14-12(19)4-10(5-24-14)11-3-1-2-9(13(11)20)6-28-16(27)25-15(22)23/h1-5H,6-8H2,(H4,22,23,25,27). The molecule has 1 amide bonds. The number of hydrogen-bond acceptors (Lipinski definition) is 4. The molecule has 3 rings (SSSR count). The van der Waals surface area contributed by atoms with Crippen LogP contribution in [0.25, 0.3) is 11.1 Å². The van der Waals surface area contributed by atoms with Gasteiger partial charge in [0.2, 0.25) is 5.13 Å². The zero-order chi connectivity index (χ0) is 20.5. The Labute approximate surface area is 162 Å². The number of amides is 1. The second-order valence-electron chi connectivity index (χ2n) is 6.11. The van der Waals surface area contributed by atoms with Crippen LogP contribution in [0.15, 0.2) is 35.5 Å². The van der Waals surface area contributed by atoms with E-state index in [1.807, 2.05) is 0 Å². The van der Waals surface area contributed by atoms with Crippen LogP contribution in [0.4, 0.5) is 23.8 Å². The maximum atomic E-state index is 14.7. The van der Waals surface area contributed by atoms with Gasteiger partial charge in [-0.3, -0.25) is 0 Å². The van der Waals surface area contributed by atoms with Crippen LogP contribution in [0, 0.1) is 11.6 Å². The molecule has 0 radical (unpaired) electrons. The molecule has 4 N–H and O–H groups in total. The Morgan fingerprint density at radius 3 is 2.68 bits per heavy atom. The molecule has 1 aromatic heterocycles. The van der Waals surface area contributed by atoms with Gasteiger partial charge < -0.3 is 21.1 Å². The van der Waals surface area contributed by atoms with Gasteiger partial charge >= 0.3 is 6.09 Å². The second kappa shape index (κ2) is 7.55. The fraction of sp³-hybridized carbons (Fsp3) is 0.235. The number of ether oxygens (including phenoxy) is 1. The number of aromatic nitrogens is 1. The van der Waals surface area contributed by atoms with Crippen molar-refractivity contribution in [2.24, 2.45) is 16.5 Å². The molecule has 1 aromatic carbocycles. The first kappa shape index (κ1) is 19.7. The summed E-state index contributed by atoms with van der Waals surface area (Å²) in [6.07, 6.45) is 0.193. The summed E-state index contributed by atoms with van der Waals surface area (Å²) in [4.78, 5) is 19.8. The van der Waals surface area contributed by atoms with Gasteiger partial charge in [0.25, 0.3) is 0 Å². The van der Waals surface area contributed by atoms with Crippen LogP contribution in [-0.4, -0.2) is 35.3 Å². The van der Waals surface area contributed by atoms with Crippen LogP contribution >= 0.6 is 11.6 Å². The fourth-order valence-electron chi connectivity index (χ4n) is 2.66. The molecule has 0 atom stereocenters. The fourth-order valence-corrected chi connectivity index (χ4v) is 2.95. The minimum absolute atomic E-state index is 0.0354. The molecule has 1 fully saturated rings. The monoisotopic (exact) mass is 413 g/mol. The predicted molar refractivity (Wildman–Crippen MR) is 97.5 cm³/mol. The molecule has 2 heterocycles. The first-order valence-electron chi connectivity index (χ1n) is 7.99. The summed E-state index contributed by atoms with van der Waals surface area (Å²) in [5.41, 5.74) is 10.3. The van der Waals surface area contributed by atoms with Gasteiger partial charge in [0.15, 0.2) is 17.6 Å². The molecule has 1 aliphatic heterocycles. The summed E-state index contributed by atoms with van der Waals surface area (Å²) in [7, 11) is 0. The summed E-state index contributed by atoms with van der Waals surface area (Å²) in [5, 5.41) is -1.90. The van der Waals surface area contributed by atoms with E-state index in [0.717, 1.165) is 6.07 Å². The van der Waals surface area contributed by atoms with E-state index >= 15 is 0 Å². The topological polar surface area (TPSA) is 107 Å². The van der Waals surface area contributed by atoms with Crippen LogP contribution in [0.1, 0.15) is 5.56 Å². The minimum Gasteiger partial charge on any atom is -0.443 e. The lowest BCUT2D eigenvalue weighted by molar-refractivity contribution is 0.149. The normalized spacial score (nSPS) is 14.9. The lowest BCUT2D eigenvalue weighted by Gasteiger charge is -2.41. The van der Waals surface area contributed by atoms with Crippen molar-refractivity contribution >= 4 is 29.5 Å². The van der Waals surface area contributed by atoms with Gasteiger partial charge in [0, 0.05) is 22.9 Å². The van der Waals surface area contributed by atoms with Crippen LogP contribution in [0.3, 0.4) is 0 Å². The molecule has 28 heavy (non-hydrogen) atoms. The number of nitrogens with two attached hydrogens (primary N) is 2. The number of carbonyl (C=O) groups is 1. The third-order valence-corrected chi connectivity index (χ3v) is 4.17. The summed E-state index contributed by atoms with van der Waals surface area (Å²) in [6.45, 7) is -0.809. The zero-order valence-electron chi connectivity index (χ0n) is 14.3. The van der Waals surface area contributed by atoms with E-state index in [9.17, 15) is 18.0 Å². The predicted octanol–water partition coefficient (Wildman–Crippen LogP) is 2.66. The van der Waals surface area contributed by atoms with Crippen molar-refractivity contribution in [1.82, 2.24) is 4.98 Å². The van der Waals surface area contributed by atoms with Gasteiger partial charge in [0.1, 0.15) is 12.4 Å². The Bertz CT molecular complexity index is 942. The number of rotatable bonds is 4. The first-order chi connectivity index (χ1) is 13.2. The number of pyridine rings is 1. The number of nitrogens with zero attached hydrogens (tertiary/aromatic N) is 3. The molecule has 0 unspecified atom stereocenters. The molecule has 0 spiro atoms. The van der Waals surface area contributed by atoms with Gasteiger partial charge in [-0.2, -0.15) is 0 Å². The highest BCUT2D eigenvalue weighted by Gasteiger charge is 2.43. The van der Waals surface area contributed by atoms with Crippen LogP contribution < -0.4 is 16.4 Å². The van der Waals surface area contributed by atoms with E-state index in [-0.39, 0.29) is 35.6 Å². The van der Waals surface area contributed by atoms with E-state index in [0.29, 0.717) is 0 Å². The molecule has 2 aromatic rings. The highest BCUT2D eigenvalue weighted by atomic mass is 35.5. The number of anilines is 1. The number of halogens is 4. The number of guanidine groups is 1. The smallest absolute Gasteiger partial charge is 0.437 e. The van der Waals surface area contributed by atoms with Crippen molar-refractivity contribution in [3.63, 3.8) is 0 Å². The molecular weight excluding hydrogens is 399 g/mol. The third-order valence-electron chi connectivity index (χ3n) is 3.93. The van der Waals surface area contributed by atoms with E-state index < -0.39 is 35.4 Å². The summed E-state index contributed by atoms with van der Waals surface area (Å²) < 4.78 is 47.2. The molecule has 148 valence electrons. The van der Waals surface area contributed by atoms with Gasteiger partial charge in [-0.15, -0.1) is 4.99 Å². The molecule has 1 aliphatic rings. The van der Waals surface area contributed by atoms with Crippen molar-refractivity contribution in [3.05, 3.63) is 47.7 Å². The van der Waals surface area contributed by atoms with Gasteiger partial charge in [0.05, 0.1) is 13.1 Å².